The second-order valence-electron chi connectivity index (χ2n) is 6.80. The fourth-order valence-electron chi connectivity index (χ4n) is 3.53. The maximum absolute atomic E-state index is 11.2. The summed E-state index contributed by atoms with van der Waals surface area (Å²) in [6, 6.07) is 16.3. The van der Waals surface area contributed by atoms with Gasteiger partial charge in [0.15, 0.2) is 0 Å². The van der Waals surface area contributed by atoms with E-state index >= 15 is 0 Å². The van der Waals surface area contributed by atoms with Crippen LogP contribution in [0.1, 0.15) is 5.69 Å². The van der Waals surface area contributed by atoms with E-state index in [9.17, 15) is 10.1 Å². The highest BCUT2D eigenvalue weighted by Crippen LogP contribution is 2.32. The van der Waals surface area contributed by atoms with E-state index in [-0.39, 0.29) is 5.69 Å². The van der Waals surface area contributed by atoms with E-state index in [1.54, 1.807) is 16.8 Å². The highest BCUT2D eigenvalue weighted by atomic mass is 16.6. The lowest BCUT2D eigenvalue weighted by Crippen LogP contribution is -3.12. The van der Waals surface area contributed by atoms with Crippen LogP contribution in [0, 0.1) is 10.1 Å². The van der Waals surface area contributed by atoms with Crippen LogP contribution in [0.25, 0.3) is 16.8 Å². The van der Waals surface area contributed by atoms with E-state index in [1.165, 1.54) is 17.0 Å². The molecule has 2 heterocycles. The summed E-state index contributed by atoms with van der Waals surface area (Å²) in [5, 5.41) is 15.9. The molecule has 1 fully saturated rings. The lowest BCUT2D eigenvalue weighted by Gasteiger charge is -2.23. The molecule has 1 aromatic heterocycles. The lowest BCUT2D eigenvalue weighted by molar-refractivity contribution is -0.921. The van der Waals surface area contributed by atoms with Crippen molar-refractivity contribution in [1.82, 2.24) is 9.78 Å². The first-order valence-electron chi connectivity index (χ1n) is 9.22. The minimum atomic E-state index is -0.417. The minimum Gasteiger partial charge on any atom is -0.383 e. The number of benzene rings is 2. The van der Waals surface area contributed by atoms with Gasteiger partial charge in [0, 0.05) is 12.1 Å². The van der Waals surface area contributed by atoms with Gasteiger partial charge in [-0.25, -0.2) is 4.68 Å². The van der Waals surface area contributed by atoms with E-state index in [2.05, 4.69) is 0 Å². The number of ether oxygens (including phenoxy) is 1. The first-order chi connectivity index (χ1) is 13.6. The van der Waals surface area contributed by atoms with Crippen LogP contribution in [0.3, 0.4) is 0 Å². The summed E-state index contributed by atoms with van der Waals surface area (Å²) in [6.07, 6.45) is 0. The molecule has 3 N–H and O–H groups in total. The number of nitro groups is 1. The summed E-state index contributed by atoms with van der Waals surface area (Å²) < 4.78 is 7.05. The standard InChI is InChI=1S/C20H21N5O3/c21-20-19(15-5-2-1-3-6-15)18(14-23-9-11-28-12-10-23)22-24(20)16-7-4-8-17(13-16)25(26)27/h1-8,13H,9-12,14,21H2/p+1. The molecule has 0 saturated carbocycles. The molecule has 0 radical (unpaired) electrons. The fourth-order valence-corrected chi connectivity index (χ4v) is 3.53. The number of non-ortho nitro benzene ring substituents is 1. The average Bonchev–Trinajstić information content (AvgIpc) is 3.05. The zero-order chi connectivity index (χ0) is 19.5. The number of nitrogens with zero attached hydrogens (tertiary/aromatic N) is 3. The van der Waals surface area contributed by atoms with Gasteiger partial charge in [0.25, 0.3) is 5.69 Å². The smallest absolute Gasteiger partial charge is 0.271 e. The molecule has 4 rings (SSSR count). The van der Waals surface area contributed by atoms with Gasteiger partial charge in [-0.15, -0.1) is 0 Å². The van der Waals surface area contributed by atoms with Crippen LogP contribution in [0.4, 0.5) is 11.5 Å². The topological polar surface area (TPSA) is 101 Å². The Kier molecular flexibility index (Phi) is 5.05. The number of hydrogen-bond acceptors (Lipinski definition) is 5. The van der Waals surface area contributed by atoms with Crippen molar-refractivity contribution in [3.8, 4) is 16.8 Å². The third-order valence-electron chi connectivity index (χ3n) is 4.96. The molecule has 1 aliphatic heterocycles. The first kappa shape index (κ1) is 18.1. The molecular weight excluding hydrogens is 358 g/mol. The van der Waals surface area contributed by atoms with Crippen molar-refractivity contribution in [2.75, 3.05) is 32.0 Å². The van der Waals surface area contributed by atoms with Crippen LogP contribution < -0.4 is 10.6 Å². The van der Waals surface area contributed by atoms with Gasteiger partial charge < -0.3 is 15.4 Å². The molecule has 1 saturated heterocycles. The summed E-state index contributed by atoms with van der Waals surface area (Å²) in [5.74, 6) is 0.481. The number of hydrogen-bond donors (Lipinski definition) is 2. The van der Waals surface area contributed by atoms with Gasteiger partial charge in [-0.3, -0.25) is 10.1 Å². The Morgan fingerprint density at radius 2 is 1.89 bits per heavy atom. The van der Waals surface area contributed by atoms with E-state index in [4.69, 9.17) is 15.6 Å². The normalized spacial score (nSPS) is 14.9. The van der Waals surface area contributed by atoms with Crippen molar-refractivity contribution in [2.45, 2.75) is 6.54 Å². The Morgan fingerprint density at radius 3 is 2.61 bits per heavy atom. The number of rotatable bonds is 5. The molecule has 3 aromatic rings. The van der Waals surface area contributed by atoms with Crippen molar-refractivity contribution in [2.24, 2.45) is 0 Å². The van der Waals surface area contributed by atoms with Crippen LogP contribution >= 0.6 is 0 Å². The Bertz CT molecular complexity index is 981. The zero-order valence-electron chi connectivity index (χ0n) is 15.4. The van der Waals surface area contributed by atoms with Crippen molar-refractivity contribution >= 4 is 11.5 Å². The quantitative estimate of drug-likeness (QED) is 0.515. The monoisotopic (exact) mass is 380 g/mol. The van der Waals surface area contributed by atoms with Crippen LogP contribution in [0.2, 0.25) is 0 Å². The summed E-state index contributed by atoms with van der Waals surface area (Å²) in [4.78, 5) is 12.1. The summed E-state index contributed by atoms with van der Waals surface area (Å²) in [7, 11) is 0. The number of nitro benzene ring substituents is 1. The van der Waals surface area contributed by atoms with E-state index < -0.39 is 4.92 Å². The van der Waals surface area contributed by atoms with Crippen molar-refractivity contribution < 1.29 is 14.6 Å². The second-order valence-corrected chi connectivity index (χ2v) is 6.80. The Hall–Kier alpha value is -3.23. The molecule has 0 amide bonds. The fraction of sp³-hybridized carbons (Fsp3) is 0.250. The Balaban J connectivity index is 1.79. The van der Waals surface area contributed by atoms with Crippen LogP contribution in [0.5, 0.6) is 0 Å². The summed E-state index contributed by atoms with van der Waals surface area (Å²) in [6.45, 7) is 4.02. The number of morpholine rings is 1. The maximum Gasteiger partial charge on any atom is 0.271 e. The van der Waals surface area contributed by atoms with Gasteiger partial charge in [0.05, 0.1) is 29.4 Å². The largest absolute Gasteiger partial charge is 0.383 e. The number of nitrogens with two attached hydrogens (primary N) is 1. The molecule has 2 aromatic carbocycles. The number of quaternary nitrogens is 1. The second kappa shape index (κ2) is 7.79. The summed E-state index contributed by atoms with van der Waals surface area (Å²) >= 11 is 0. The molecule has 1 aliphatic rings. The van der Waals surface area contributed by atoms with E-state index in [1.807, 2.05) is 30.3 Å². The van der Waals surface area contributed by atoms with Crippen molar-refractivity contribution in [1.29, 1.82) is 0 Å². The predicted octanol–water partition coefficient (Wildman–Crippen LogP) is 1.44. The van der Waals surface area contributed by atoms with Gasteiger partial charge in [-0.1, -0.05) is 36.4 Å². The maximum atomic E-state index is 11.2. The zero-order valence-corrected chi connectivity index (χ0v) is 15.4. The third kappa shape index (κ3) is 3.60. The van der Waals surface area contributed by atoms with Crippen molar-refractivity contribution in [3.05, 3.63) is 70.4 Å². The molecule has 0 unspecified atom stereocenters. The van der Waals surface area contributed by atoms with Gasteiger partial charge in [0.2, 0.25) is 0 Å². The van der Waals surface area contributed by atoms with E-state index in [0.29, 0.717) is 11.5 Å². The molecule has 8 nitrogen and oxygen atoms in total. The molecule has 144 valence electrons. The molecule has 0 atom stereocenters. The first-order valence-corrected chi connectivity index (χ1v) is 9.22. The summed E-state index contributed by atoms with van der Waals surface area (Å²) in [5.41, 5.74) is 9.83. The minimum absolute atomic E-state index is 0.00835. The molecule has 28 heavy (non-hydrogen) atoms. The molecule has 8 heteroatoms. The van der Waals surface area contributed by atoms with Gasteiger partial charge in [-0.2, -0.15) is 5.10 Å². The number of anilines is 1. The van der Waals surface area contributed by atoms with Gasteiger partial charge in [-0.05, 0) is 11.6 Å². The van der Waals surface area contributed by atoms with Gasteiger partial charge in [0.1, 0.15) is 31.1 Å². The highest BCUT2D eigenvalue weighted by Gasteiger charge is 2.24. The average molecular weight is 380 g/mol. The molecule has 0 spiro atoms. The van der Waals surface area contributed by atoms with Crippen molar-refractivity contribution in [3.63, 3.8) is 0 Å². The van der Waals surface area contributed by atoms with E-state index in [0.717, 1.165) is 49.7 Å². The highest BCUT2D eigenvalue weighted by molar-refractivity contribution is 5.77. The Morgan fingerprint density at radius 1 is 1.14 bits per heavy atom. The molecular formula is C20H22N5O3+. The molecule has 0 bridgehead atoms. The predicted molar refractivity (Wildman–Crippen MR) is 105 cm³/mol. The SMILES string of the molecule is Nc1c(-c2ccccc2)c(C[NH+]2CCOCC2)nn1-c1cccc([N+](=O)[O-])c1. The Labute approximate surface area is 162 Å². The number of aromatic nitrogens is 2. The number of nitrogens with one attached hydrogen (secondary N) is 1. The lowest BCUT2D eigenvalue weighted by atomic mass is 10.0. The number of nitrogen functional groups attached to an aromatic ring is 1. The third-order valence-corrected chi connectivity index (χ3v) is 4.96. The van der Waals surface area contributed by atoms with Gasteiger partial charge >= 0.3 is 0 Å². The van der Waals surface area contributed by atoms with Crippen LogP contribution in [0.15, 0.2) is 54.6 Å². The van der Waals surface area contributed by atoms with Crippen LogP contribution in [-0.4, -0.2) is 41.0 Å². The van der Waals surface area contributed by atoms with Crippen LogP contribution in [-0.2, 0) is 11.3 Å². The molecule has 0 aliphatic carbocycles.